The van der Waals surface area contributed by atoms with Gasteiger partial charge in [0.15, 0.2) is 0 Å². The van der Waals surface area contributed by atoms with E-state index in [0.29, 0.717) is 12.8 Å². The molecule has 17 heavy (non-hydrogen) atoms. The zero-order valence-electron chi connectivity index (χ0n) is 8.71. The number of nitrogen functional groups attached to an aromatic ring is 1. The molecule has 0 spiro atoms. The van der Waals surface area contributed by atoms with Crippen molar-refractivity contribution in [1.82, 2.24) is 0 Å². The number of carboxylic acid groups (broad SMARTS) is 1. The second-order valence-corrected chi connectivity index (χ2v) is 4.19. The van der Waals surface area contributed by atoms with Crippen LogP contribution in [0.3, 0.4) is 0 Å². The quantitative estimate of drug-likeness (QED) is 0.786. The van der Waals surface area contributed by atoms with Crippen LogP contribution in [0.4, 0.5) is 18.9 Å². The van der Waals surface area contributed by atoms with Gasteiger partial charge in [0.2, 0.25) is 0 Å². The summed E-state index contributed by atoms with van der Waals surface area (Å²) in [6.07, 6.45) is -3.64. The fourth-order valence-electron chi connectivity index (χ4n) is 1.90. The molecule has 1 aromatic rings. The van der Waals surface area contributed by atoms with Crippen LogP contribution in [0.1, 0.15) is 24.0 Å². The number of carbonyl (C=O) groups is 1. The van der Waals surface area contributed by atoms with Crippen LogP contribution in [-0.2, 0) is 16.4 Å². The number of nitrogens with two attached hydrogens (primary N) is 1. The molecule has 0 atom stereocenters. The third kappa shape index (κ3) is 1.83. The molecule has 0 heterocycles. The highest BCUT2D eigenvalue weighted by Crippen LogP contribution is 2.51. The molecule has 1 fully saturated rings. The van der Waals surface area contributed by atoms with Gasteiger partial charge in [-0.3, -0.25) is 4.79 Å². The predicted molar refractivity (Wildman–Crippen MR) is 54.4 cm³/mol. The summed E-state index contributed by atoms with van der Waals surface area (Å²) < 4.78 is 37.2. The molecule has 0 amide bonds. The van der Waals surface area contributed by atoms with Crippen molar-refractivity contribution in [3.05, 3.63) is 29.3 Å². The molecule has 6 heteroatoms. The van der Waals surface area contributed by atoms with Crippen LogP contribution < -0.4 is 5.73 Å². The standard InChI is InChI=1S/C11H10F3NO2/c12-11(13,14)6-1-2-7(8(15)5-6)10(3-4-10)9(16)17/h1-2,5H,3-4,15H2,(H,16,17). The van der Waals surface area contributed by atoms with Gasteiger partial charge in [-0.15, -0.1) is 0 Å². The van der Waals surface area contributed by atoms with E-state index in [4.69, 9.17) is 10.8 Å². The Morgan fingerprint density at radius 3 is 2.29 bits per heavy atom. The Morgan fingerprint density at radius 2 is 1.94 bits per heavy atom. The number of halogens is 3. The van der Waals surface area contributed by atoms with Crippen molar-refractivity contribution in [2.45, 2.75) is 24.4 Å². The maximum Gasteiger partial charge on any atom is 0.416 e. The molecule has 92 valence electrons. The molecule has 0 radical (unpaired) electrons. The van der Waals surface area contributed by atoms with Crippen molar-refractivity contribution in [3.63, 3.8) is 0 Å². The summed E-state index contributed by atoms with van der Waals surface area (Å²) in [5, 5.41) is 9.03. The Balaban J connectivity index is 2.43. The average Bonchev–Trinajstić information content (AvgIpc) is 2.96. The Labute approximate surface area is 95.0 Å². The number of benzene rings is 1. The number of rotatable bonds is 2. The van der Waals surface area contributed by atoms with E-state index >= 15 is 0 Å². The van der Waals surface area contributed by atoms with E-state index in [1.807, 2.05) is 0 Å². The van der Waals surface area contributed by atoms with Gasteiger partial charge >= 0.3 is 12.1 Å². The van der Waals surface area contributed by atoms with Gasteiger partial charge in [-0.05, 0) is 30.5 Å². The van der Waals surface area contributed by atoms with Crippen LogP contribution in [0.25, 0.3) is 0 Å². The van der Waals surface area contributed by atoms with Crippen LogP contribution >= 0.6 is 0 Å². The van der Waals surface area contributed by atoms with Crippen molar-refractivity contribution >= 4 is 11.7 Å². The molecule has 2 rings (SSSR count). The molecule has 0 bridgehead atoms. The topological polar surface area (TPSA) is 63.3 Å². The third-order valence-corrected chi connectivity index (χ3v) is 3.05. The van der Waals surface area contributed by atoms with Crippen molar-refractivity contribution < 1.29 is 23.1 Å². The Hall–Kier alpha value is -1.72. The predicted octanol–water partition coefficient (Wildman–Crippen LogP) is 2.40. The van der Waals surface area contributed by atoms with Crippen LogP contribution in [0, 0.1) is 0 Å². The lowest BCUT2D eigenvalue weighted by Gasteiger charge is -2.15. The highest BCUT2D eigenvalue weighted by Gasteiger charge is 2.53. The van der Waals surface area contributed by atoms with Gasteiger partial charge in [0.1, 0.15) is 0 Å². The van der Waals surface area contributed by atoms with Crippen molar-refractivity contribution in [3.8, 4) is 0 Å². The van der Waals surface area contributed by atoms with E-state index in [-0.39, 0.29) is 11.3 Å². The van der Waals surface area contributed by atoms with E-state index < -0.39 is 23.1 Å². The van der Waals surface area contributed by atoms with Crippen molar-refractivity contribution in [2.75, 3.05) is 5.73 Å². The lowest BCUT2D eigenvalue weighted by Crippen LogP contribution is -2.21. The Kier molecular flexibility index (Phi) is 2.34. The molecule has 1 aliphatic rings. The summed E-state index contributed by atoms with van der Waals surface area (Å²) in [6, 6.07) is 2.83. The number of carboxylic acids is 1. The normalized spacial score (nSPS) is 17.8. The van der Waals surface area contributed by atoms with E-state index in [1.165, 1.54) is 6.07 Å². The molecule has 0 saturated heterocycles. The van der Waals surface area contributed by atoms with Gasteiger partial charge in [-0.2, -0.15) is 13.2 Å². The number of anilines is 1. The monoisotopic (exact) mass is 245 g/mol. The minimum Gasteiger partial charge on any atom is -0.481 e. The first-order valence-electron chi connectivity index (χ1n) is 4.98. The lowest BCUT2D eigenvalue weighted by molar-refractivity contribution is -0.140. The van der Waals surface area contributed by atoms with Gasteiger partial charge in [0, 0.05) is 5.69 Å². The second kappa shape index (κ2) is 3.38. The SMILES string of the molecule is Nc1cc(C(F)(F)F)ccc1C1(C(=O)O)CC1. The number of hydrogen-bond donors (Lipinski definition) is 2. The van der Waals surface area contributed by atoms with E-state index in [2.05, 4.69) is 0 Å². The first-order valence-corrected chi connectivity index (χ1v) is 4.98. The summed E-state index contributed by atoms with van der Waals surface area (Å²) in [4.78, 5) is 11.0. The zero-order chi connectivity index (χ0) is 12.8. The zero-order valence-corrected chi connectivity index (χ0v) is 8.71. The highest BCUT2D eigenvalue weighted by molar-refractivity contribution is 5.87. The smallest absolute Gasteiger partial charge is 0.416 e. The van der Waals surface area contributed by atoms with E-state index in [0.717, 1.165) is 12.1 Å². The van der Waals surface area contributed by atoms with Crippen LogP contribution in [0.2, 0.25) is 0 Å². The van der Waals surface area contributed by atoms with E-state index in [1.54, 1.807) is 0 Å². The average molecular weight is 245 g/mol. The maximum atomic E-state index is 12.4. The summed E-state index contributed by atoms with van der Waals surface area (Å²) in [7, 11) is 0. The first kappa shape index (κ1) is 11.8. The molecule has 0 aliphatic heterocycles. The van der Waals surface area contributed by atoms with Gasteiger partial charge in [-0.1, -0.05) is 6.07 Å². The molecule has 0 unspecified atom stereocenters. The molecule has 1 aliphatic carbocycles. The lowest BCUT2D eigenvalue weighted by atomic mass is 9.93. The second-order valence-electron chi connectivity index (χ2n) is 4.19. The maximum absolute atomic E-state index is 12.4. The minimum absolute atomic E-state index is 0.111. The van der Waals surface area contributed by atoms with Crippen LogP contribution in [0.15, 0.2) is 18.2 Å². The van der Waals surface area contributed by atoms with Gasteiger partial charge in [0.05, 0.1) is 11.0 Å². The molecule has 3 nitrogen and oxygen atoms in total. The molecule has 3 N–H and O–H groups in total. The van der Waals surface area contributed by atoms with Crippen LogP contribution in [0.5, 0.6) is 0 Å². The fourth-order valence-corrected chi connectivity index (χ4v) is 1.90. The molecular weight excluding hydrogens is 235 g/mol. The Morgan fingerprint density at radius 1 is 1.35 bits per heavy atom. The van der Waals surface area contributed by atoms with Crippen molar-refractivity contribution in [2.24, 2.45) is 0 Å². The molecular formula is C11H10F3NO2. The van der Waals surface area contributed by atoms with E-state index in [9.17, 15) is 18.0 Å². The molecule has 1 aromatic carbocycles. The fraction of sp³-hybridized carbons (Fsp3) is 0.364. The number of alkyl halides is 3. The highest BCUT2D eigenvalue weighted by atomic mass is 19.4. The summed E-state index contributed by atoms with van der Waals surface area (Å²) in [5.41, 5.74) is 3.75. The van der Waals surface area contributed by atoms with Gasteiger partial charge < -0.3 is 10.8 Å². The summed E-state index contributed by atoms with van der Waals surface area (Å²) >= 11 is 0. The van der Waals surface area contributed by atoms with Gasteiger partial charge in [0.25, 0.3) is 0 Å². The largest absolute Gasteiger partial charge is 0.481 e. The van der Waals surface area contributed by atoms with Crippen molar-refractivity contribution in [1.29, 1.82) is 0 Å². The molecule has 1 saturated carbocycles. The number of hydrogen-bond acceptors (Lipinski definition) is 2. The van der Waals surface area contributed by atoms with Crippen LogP contribution in [-0.4, -0.2) is 11.1 Å². The summed E-state index contributed by atoms with van der Waals surface area (Å²) in [6.45, 7) is 0. The van der Waals surface area contributed by atoms with Gasteiger partial charge in [-0.25, -0.2) is 0 Å². The summed E-state index contributed by atoms with van der Waals surface area (Å²) in [5.74, 6) is -1.04. The number of aliphatic carboxylic acids is 1. The first-order chi connectivity index (χ1) is 7.77. The Bertz CT molecular complexity index is 478. The minimum atomic E-state index is -4.47. The third-order valence-electron chi connectivity index (χ3n) is 3.05. The molecule has 0 aromatic heterocycles.